The van der Waals surface area contributed by atoms with E-state index in [0.29, 0.717) is 13.0 Å². The molecular formula is C18H17FN2O2. The number of nitrogens with zero attached hydrogens (tertiary/aromatic N) is 1. The molecular weight excluding hydrogens is 295 g/mol. The molecule has 118 valence electrons. The summed E-state index contributed by atoms with van der Waals surface area (Å²) >= 11 is 0. The highest BCUT2D eigenvalue weighted by Gasteiger charge is 2.42. The van der Waals surface area contributed by atoms with Gasteiger partial charge in [-0.25, -0.2) is 4.39 Å². The van der Waals surface area contributed by atoms with Crippen molar-refractivity contribution in [3.8, 4) is 0 Å². The molecule has 1 aliphatic rings. The van der Waals surface area contributed by atoms with Crippen LogP contribution in [-0.2, 0) is 16.2 Å². The van der Waals surface area contributed by atoms with E-state index in [9.17, 15) is 9.18 Å². The van der Waals surface area contributed by atoms with E-state index in [-0.39, 0.29) is 11.7 Å². The molecule has 2 aromatic rings. The fourth-order valence-corrected chi connectivity index (χ4v) is 2.42. The SMILES string of the molecule is C[C@]1(C(=O)NCc2ccc(F)cc2)CC(c2ccccc2)=NO1. The van der Waals surface area contributed by atoms with Gasteiger partial charge in [0.05, 0.1) is 5.71 Å². The normalized spacial score (nSPS) is 19.8. The molecule has 0 saturated heterocycles. The molecule has 0 spiro atoms. The van der Waals surface area contributed by atoms with Crippen molar-refractivity contribution in [2.24, 2.45) is 5.16 Å². The Labute approximate surface area is 134 Å². The van der Waals surface area contributed by atoms with Crippen LogP contribution < -0.4 is 5.32 Å². The van der Waals surface area contributed by atoms with Gasteiger partial charge in [0, 0.05) is 13.0 Å². The predicted octanol–water partition coefficient (Wildman–Crippen LogP) is 3.03. The summed E-state index contributed by atoms with van der Waals surface area (Å²) in [6, 6.07) is 15.6. The Kier molecular flexibility index (Phi) is 4.10. The van der Waals surface area contributed by atoms with Gasteiger partial charge in [-0.1, -0.05) is 47.6 Å². The van der Waals surface area contributed by atoms with Crippen molar-refractivity contribution in [3.63, 3.8) is 0 Å². The molecule has 1 N–H and O–H groups in total. The van der Waals surface area contributed by atoms with Gasteiger partial charge in [0.2, 0.25) is 5.60 Å². The first-order valence-corrected chi connectivity index (χ1v) is 7.40. The van der Waals surface area contributed by atoms with Gasteiger partial charge in [0.15, 0.2) is 0 Å². The number of halogens is 1. The summed E-state index contributed by atoms with van der Waals surface area (Å²) < 4.78 is 12.9. The number of oxime groups is 1. The molecule has 4 nitrogen and oxygen atoms in total. The Morgan fingerprint density at radius 1 is 1.22 bits per heavy atom. The molecule has 3 rings (SSSR count). The summed E-state index contributed by atoms with van der Waals surface area (Å²) in [5.41, 5.74) is 1.50. The number of hydrogen-bond acceptors (Lipinski definition) is 3. The van der Waals surface area contributed by atoms with Crippen LogP contribution in [0, 0.1) is 5.82 Å². The molecule has 0 radical (unpaired) electrons. The van der Waals surface area contributed by atoms with Crippen LogP contribution in [-0.4, -0.2) is 17.2 Å². The highest BCUT2D eigenvalue weighted by molar-refractivity contribution is 6.05. The van der Waals surface area contributed by atoms with Crippen molar-refractivity contribution in [1.29, 1.82) is 0 Å². The molecule has 0 aliphatic carbocycles. The molecule has 23 heavy (non-hydrogen) atoms. The van der Waals surface area contributed by atoms with Gasteiger partial charge in [-0.2, -0.15) is 0 Å². The lowest BCUT2D eigenvalue weighted by Crippen LogP contribution is -2.44. The second-order valence-electron chi connectivity index (χ2n) is 5.71. The van der Waals surface area contributed by atoms with Crippen molar-refractivity contribution in [1.82, 2.24) is 5.32 Å². The zero-order valence-corrected chi connectivity index (χ0v) is 12.8. The van der Waals surface area contributed by atoms with E-state index in [1.165, 1.54) is 12.1 Å². The van der Waals surface area contributed by atoms with Crippen molar-refractivity contribution in [2.45, 2.75) is 25.5 Å². The maximum absolute atomic E-state index is 12.9. The third kappa shape index (κ3) is 3.39. The highest BCUT2D eigenvalue weighted by Crippen LogP contribution is 2.26. The highest BCUT2D eigenvalue weighted by atomic mass is 19.1. The van der Waals surface area contributed by atoms with E-state index in [4.69, 9.17) is 4.84 Å². The predicted molar refractivity (Wildman–Crippen MR) is 85.3 cm³/mol. The standard InChI is InChI=1S/C18H17FN2O2/c1-18(11-16(21-23-18)14-5-3-2-4-6-14)17(22)20-12-13-7-9-15(19)10-8-13/h2-10H,11-12H2,1H3,(H,20,22)/t18-/m1/s1. The molecule has 1 aliphatic heterocycles. The third-order valence-electron chi connectivity index (χ3n) is 3.82. The summed E-state index contributed by atoms with van der Waals surface area (Å²) in [5.74, 6) is -0.538. The average molecular weight is 312 g/mol. The fourth-order valence-electron chi connectivity index (χ4n) is 2.42. The van der Waals surface area contributed by atoms with Crippen LogP contribution in [0.15, 0.2) is 59.8 Å². The number of hydrogen-bond donors (Lipinski definition) is 1. The molecule has 1 heterocycles. The van der Waals surface area contributed by atoms with Crippen molar-refractivity contribution in [3.05, 3.63) is 71.5 Å². The zero-order chi connectivity index (χ0) is 16.3. The second kappa shape index (κ2) is 6.20. The first-order chi connectivity index (χ1) is 11.1. The van der Waals surface area contributed by atoms with Crippen LogP contribution in [0.4, 0.5) is 4.39 Å². The van der Waals surface area contributed by atoms with E-state index in [0.717, 1.165) is 16.8 Å². The molecule has 5 heteroatoms. The van der Waals surface area contributed by atoms with E-state index in [1.54, 1.807) is 19.1 Å². The molecule has 0 bridgehead atoms. The smallest absolute Gasteiger partial charge is 0.267 e. The van der Waals surface area contributed by atoms with Crippen molar-refractivity contribution in [2.75, 3.05) is 0 Å². The molecule has 0 aromatic heterocycles. The summed E-state index contributed by atoms with van der Waals surface area (Å²) in [6.45, 7) is 2.03. The van der Waals surface area contributed by atoms with Gasteiger partial charge in [-0.15, -0.1) is 0 Å². The summed E-state index contributed by atoms with van der Waals surface area (Å²) in [5, 5.41) is 6.87. The maximum atomic E-state index is 12.9. The van der Waals surface area contributed by atoms with Gasteiger partial charge >= 0.3 is 0 Å². The minimum absolute atomic E-state index is 0.239. The van der Waals surface area contributed by atoms with Crippen LogP contribution in [0.3, 0.4) is 0 Å². The minimum atomic E-state index is -1.02. The first kappa shape index (κ1) is 15.2. The molecule has 2 aromatic carbocycles. The molecule has 0 unspecified atom stereocenters. The lowest BCUT2D eigenvalue weighted by atomic mass is 9.95. The lowest BCUT2D eigenvalue weighted by molar-refractivity contribution is -0.141. The van der Waals surface area contributed by atoms with Crippen LogP contribution in [0.5, 0.6) is 0 Å². The average Bonchev–Trinajstić information content (AvgIpc) is 2.99. The molecule has 1 amide bonds. The van der Waals surface area contributed by atoms with Gasteiger partial charge in [-0.05, 0) is 30.2 Å². The Morgan fingerprint density at radius 2 is 1.91 bits per heavy atom. The topological polar surface area (TPSA) is 50.7 Å². The van der Waals surface area contributed by atoms with E-state index in [2.05, 4.69) is 10.5 Å². The number of amides is 1. The third-order valence-corrected chi connectivity index (χ3v) is 3.82. The molecule has 0 saturated carbocycles. The number of carbonyl (C=O) groups is 1. The monoisotopic (exact) mass is 312 g/mol. The molecule has 1 atom stereocenters. The Morgan fingerprint density at radius 3 is 2.61 bits per heavy atom. The van der Waals surface area contributed by atoms with Crippen LogP contribution >= 0.6 is 0 Å². The first-order valence-electron chi connectivity index (χ1n) is 7.40. The summed E-state index contributed by atoms with van der Waals surface area (Å²) in [6.07, 6.45) is 0.409. The van der Waals surface area contributed by atoms with Crippen LogP contribution in [0.2, 0.25) is 0 Å². The summed E-state index contributed by atoms with van der Waals surface area (Å²) in [4.78, 5) is 17.8. The van der Waals surface area contributed by atoms with Crippen molar-refractivity contribution < 1.29 is 14.0 Å². The van der Waals surface area contributed by atoms with E-state index >= 15 is 0 Å². The van der Waals surface area contributed by atoms with Gasteiger partial charge in [0.1, 0.15) is 5.82 Å². The fraction of sp³-hybridized carbons (Fsp3) is 0.222. The Hall–Kier alpha value is -2.69. The zero-order valence-electron chi connectivity index (χ0n) is 12.8. The lowest BCUT2D eigenvalue weighted by Gasteiger charge is -2.20. The number of benzene rings is 2. The maximum Gasteiger partial charge on any atom is 0.267 e. The van der Waals surface area contributed by atoms with Gasteiger partial charge in [-0.3, -0.25) is 4.79 Å². The Bertz CT molecular complexity index is 728. The van der Waals surface area contributed by atoms with Crippen LogP contribution in [0.1, 0.15) is 24.5 Å². The van der Waals surface area contributed by atoms with Gasteiger partial charge in [0.25, 0.3) is 5.91 Å². The van der Waals surface area contributed by atoms with Crippen LogP contribution in [0.25, 0.3) is 0 Å². The second-order valence-corrected chi connectivity index (χ2v) is 5.71. The Balaban J connectivity index is 1.61. The number of nitrogens with one attached hydrogen (secondary N) is 1. The van der Waals surface area contributed by atoms with E-state index < -0.39 is 5.60 Å². The minimum Gasteiger partial charge on any atom is -0.379 e. The number of rotatable bonds is 4. The number of carbonyl (C=O) groups excluding carboxylic acids is 1. The summed E-state index contributed by atoms with van der Waals surface area (Å²) in [7, 11) is 0. The molecule has 0 fully saturated rings. The van der Waals surface area contributed by atoms with Gasteiger partial charge < -0.3 is 10.2 Å². The van der Waals surface area contributed by atoms with Crippen molar-refractivity contribution >= 4 is 11.6 Å². The van der Waals surface area contributed by atoms with E-state index in [1.807, 2.05) is 30.3 Å². The quantitative estimate of drug-likeness (QED) is 0.943. The largest absolute Gasteiger partial charge is 0.379 e.